The number of benzene rings is 1. The van der Waals surface area contributed by atoms with E-state index >= 15 is 0 Å². The van der Waals surface area contributed by atoms with Crippen LogP contribution in [0.1, 0.15) is 25.5 Å². The van der Waals surface area contributed by atoms with E-state index in [0.29, 0.717) is 11.8 Å². The quantitative estimate of drug-likeness (QED) is 0.560. The number of esters is 1. The summed E-state index contributed by atoms with van der Waals surface area (Å²) >= 11 is 0. The molecule has 1 unspecified atom stereocenters. The first-order chi connectivity index (χ1) is 7.15. The van der Waals surface area contributed by atoms with E-state index < -0.39 is 6.10 Å². The third kappa shape index (κ3) is 3.20. The summed E-state index contributed by atoms with van der Waals surface area (Å²) in [5, 5.41) is 0. The zero-order valence-corrected chi connectivity index (χ0v) is 8.84. The summed E-state index contributed by atoms with van der Waals surface area (Å²) in [5.41, 5.74) is 0.696. The molecule has 0 spiro atoms. The Balaban J connectivity index is 2.73. The highest BCUT2D eigenvalue weighted by atomic mass is 16.5. The summed E-state index contributed by atoms with van der Waals surface area (Å²) in [6.07, 6.45) is -0.156. The van der Waals surface area contributed by atoms with Crippen LogP contribution >= 0.6 is 0 Å². The lowest BCUT2D eigenvalue weighted by molar-refractivity contribution is -0.155. The van der Waals surface area contributed by atoms with Gasteiger partial charge in [0.15, 0.2) is 12.4 Å². The van der Waals surface area contributed by atoms with E-state index in [9.17, 15) is 9.59 Å². The molecule has 0 saturated carbocycles. The third-order valence-corrected chi connectivity index (χ3v) is 1.97. The molecule has 0 bridgehead atoms. The van der Waals surface area contributed by atoms with E-state index in [1.807, 2.05) is 6.07 Å². The second-order valence-corrected chi connectivity index (χ2v) is 3.56. The van der Waals surface area contributed by atoms with Gasteiger partial charge < -0.3 is 4.74 Å². The van der Waals surface area contributed by atoms with E-state index in [1.165, 1.54) is 0 Å². The lowest BCUT2D eigenvalue weighted by Crippen LogP contribution is -2.16. The van der Waals surface area contributed by atoms with Gasteiger partial charge in [-0.1, -0.05) is 44.2 Å². The molecule has 0 saturated heterocycles. The first kappa shape index (κ1) is 11.4. The molecule has 0 aliphatic heterocycles. The largest absolute Gasteiger partial charge is 0.450 e. The predicted molar refractivity (Wildman–Crippen MR) is 56.2 cm³/mol. The van der Waals surface area contributed by atoms with Crippen molar-refractivity contribution in [3.8, 4) is 0 Å². The molecule has 80 valence electrons. The Hall–Kier alpha value is -1.64. The number of rotatable bonds is 4. The average Bonchev–Trinajstić information content (AvgIpc) is 2.26. The van der Waals surface area contributed by atoms with E-state index in [1.54, 1.807) is 38.1 Å². The maximum atomic E-state index is 11.3. The number of carbonyl (C=O) groups is 2. The number of ether oxygens (including phenoxy) is 1. The molecule has 0 amide bonds. The zero-order valence-electron chi connectivity index (χ0n) is 8.84. The summed E-state index contributed by atoms with van der Waals surface area (Å²) in [4.78, 5) is 22.1. The Morgan fingerprint density at radius 3 is 2.33 bits per heavy atom. The highest BCUT2D eigenvalue weighted by Crippen LogP contribution is 2.16. The van der Waals surface area contributed by atoms with E-state index in [-0.39, 0.29) is 11.9 Å². The SMILES string of the molecule is CC(C)C(=O)OC(C=O)c1ccccc1. The van der Waals surface area contributed by atoms with Gasteiger partial charge in [-0.15, -0.1) is 0 Å². The van der Waals surface area contributed by atoms with Gasteiger partial charge in [0.05, 0.1) is 5.92 Å². The molecule has 3 heteroatoms. The number of aldehydes is 1. The summed E-state index contributed by atoms with van der Waals surface area (Å²) < 4.78 is 5.04. The van der Waals surface area contributed by atoms with Crippen molar-refractivity contribution in [1.29, 1.82) is 0 Å². The Kier molecular flexibility index (Phi) is 4.03. The van der Waals surface area contributed by atoms with E-state index in [2.05, 4.69) is 0 Å². The van der Waals surface area contributed by atoms with E-state index in [0.717, 1.165) is 0 Å². The van der Waals surface area contributed by atoms with Crippen LogP contribution in [0, 0.1) is 5.92 Å². The monoisotopic (exact) mass is 206 g/mol. The first-order valence-corrected chi connectivity index (χ1v) is 4.86. The van der Waals surface area contributed by atoms with Crippen molar-refractivity contribution in [3.05, 3.63) is 35.9 Å². The zero-order chi connectivity index (χ0) is 11.3. The van der Waals surface area contributed by atoms with Gasteiger partial charge in [0.1, 0.15) is 0 Å². The molecule has 1 rings (SSSR count). The molecule has 0 radical (unpaired) electrons. The van der Waals surface area contributed by atoms with Crippen molar-refractivity contribution in [2.75, 3.05) is 0 Å². The average molecular weight is 206 g/mol. The van der Waals surface area contributed by atoms with Crippen LogP contribution in [-0.2, 0) is 14.3 Å². The van der Waals surface area contributed by atoms with Crippen LogP contribution in [-0.4, -0.2) is 12.3 Å². The predicted octanol–water partition coefficient (Wildman–Crippen LogP) is 2.13. The van der Waals surface area contributed by atoms with E-state index in [4.69, 9.17) is 4.74 Å². The molecular weight excluding hydrogens is 192 g/mol. The van der Waals surface area contributed by atoms with Gasteiger partial charge >= 0.3 is 5.97 Å². The minimum absolute atomic E-state index is 0.226. The lowest BCUT2D eigenvalue weighted by atomic mass is 10.1. The van der Waals surface area contributed by atoms with Crippen LogP contribution in [0.15, 0.2) is 30.3 Å². The molecule has 1 atom stereocenters. The highest BCUT2D eigenvalue weighted by Gasteiger charge is 2.17. The van der Waals surface area contributed by atoms with Crippen molar-refractivity contribution in [1.82, 2.24) is 0 Å². The second-order valence-electron chi connectivity index (χ2n) is 3.56. The molecule has 0 fully saturated rings. The van der Waals surface area contributed by atoms with Crippen LogP contribution in [0.5, 0.6) is 0 Å². The van der Waals surface area contributed by atoms with Gasteiger partial charge in [0, 0.05) is 0 Å². The molecule has 3 nitrogen and oxygen atoms in total. The molecule has 0 aliphatic rings. The fourth-order valence-electron chi connectivity index (χ4n) is 1.08. The van der Waals surface area contributed by atoms with Gasteiger partial charge in [0.25, 0.3) is 0 Å². The molecule has 0 aromatic heterocycles. The summed E-state index contributed by atoms with van der Waals surface area (Å²) in [7, 11) is 0. The Labute approximate surface area is 89.1 Å². The summed E-state index contributed by atoms with van der Waals surface area (Å²) in [5.74, 6) is -0.591. The minimum atomic E-state index is -0.791. The fraction of sp³-hybridized carbons (Fsp3) is 0.333. The number of carbonyl (C=O) groups excluding carboxylic acids is 2. The molecule has 1 aromatic rings. The Morgan fingerprint density at radius 1 is 1.27 bits per heavy atom. The lowest BCUT2D eigenvalue weighted by Gasteiger charge is -2.13. The molecule has 1 aromatic carbocycles. The van der Waals surface area contributed by atoms with Crippen LogP contribution in [0.2, 0.25) is 0 Å². The topological polar surface area (TPSA) is 43.4 Å². The van der Waals surface area contributed by atoms with Crippen molar-refractivity contribution in [2.45, 2.75) is 20.0 Å². The van der Waals surface area contributed by atoms with Crippen molar-refractivity contribution in [2.24, 2.45) is 5.92 Å². The third-order valence-electron chi connectivity index (χ3n) is 1.97. The summed E-state index contributed by atoms with van der Waals surface area (Å²) in [6, 6.07) is 8.96. The fourth-order valence-corrected chi connectivity index (χ4v) is 1.08. The maximum absolute atomic E-state index is 11.3. The smallest absolute Gasteiger partial charge is 0.309 e. The standard InChI is InChI=1S/C12H14O3/c1-9(2)12(14)15-11(8-13)10-6-4-3-5-7-10/h3-9,11H,1-2H3. The number of hydrogen-bond donors (Lipinski definition) is 0. The van der Waals surface area contributed by atoms with Crippen LogP contribution in [0.4, 0.5) is 0 Å². The van der Waals surface area contributed by atoms with Crippen molar-refractivity contribution >= 4 is 12.3 Å². The molecule has 15 heavy (non-hydrogen) atoms. The van der Waals surface area contributed by atoms with Gasteiger partial charge in [-0.2, -0.15) is 0 Å². The highest BCUT2D eigenvalue weighted by molar-refractivity contribution is 5.75. The van der Waals surface area contributed by atoms with Crippen LogP contribution in [0.3, 0.4) is 0 Å². The Morgan fingerprint density at radius 2 is 1.87 bits per heavy atom. The molecule has 0 N–H and O–H groups in total. The molecular formula is C12H14O3. The van der Waals surface area contributed by atoms with Crippen molar-refractivity contribution in [3.63, 3.8) is 0 Å². The van der Waals surface area contributed by atoms with Crippen LogP contribution < -0.4 is 0 Å². The minimum Gasteiger partial charge on any atom is -0.450 e. The first-order valence-electron chi connectivity index (χ1n) is 4.86. The van der Waals surface area contributed by atoms with Gasteiger partial charge in [-0.05, 0) is 5.56 Å². The van der Waals surface area contributed by atoms with Gasteiger partial charge in [-0.25, -0.2) is 0 Å². The Bertz CT molecular complexity index is 330. The molecule has 0 heterocycles. The maximum Gasteiger partial charge on any atom is 0.309 e. The second kappa shape index (κ2) is 5.29. The van der Waals surface area contributed by atoms with Crippen molar-refractivity contribution < 1.29 is 14.3 Å². The van der Waals surface area contributed by atoms with Gasteiger partial charge in [-0.3, -0.25) is 9.59 Å². The molecule has 0 aliphatic carbocycles. The number of hydrogen-bond acceptors (Lipinski definition) is 3. The van der Waals surface area contributed by atoms with Crippen LogP contribution in [0.25, 0.3) is 0 Å². The summed E-state index contributed by atoms with van der Waals surface area (Å²) in [6.45, 7) is 3.46. The van der Waals surface area contributed by atoms with Gasteiger partial charge in [0.2, 0.25) is 0 Å². The normalized spacial score (nSPS) is 12.2.